The van der Waals surface area contributed by atoms with Crippen LogP contribution in [-0.4, -0.2) is 38.4 Å². The van der Waals surface area contributed by atoms with Gasteiger partial charge in [0.2, 0.25) is 0 Å². The molecule has 5 nitrogen and oxygen atoms in total. The van der Waals surface area contributed by atoms with Crippen molar-refractivity contribution in [2.75, 3.05) is 19.6 Å². The molecule has 2 atom stereocenters. The van der Waals surface area contributed by atoms with Crippen LogP contribution in [0.5, 0.6) is 0 Å². The minimum Gasteiger partial charge on any atom is -0.329 e. The Balaban J connectivity index is 2.60. The van der Waals surface area contributed by atoms with Crippen LogP contribution >= 0.6 is 0 Å². The van der Waals surface area contributed by atoms with Crippen LogP contribution in [0.1, 0.15) is 26.7 Å². The molecule has 0 radical (unpaired) electrons. The molecule has 1 rings (SSSR count). The van der Waals surface area contributed by atoms with Gasteiger partial charge >= 0.3 is 0 Å². The maximum Gasteiger partial charge on any atom is 0.279 e. The summed E-state index contributed by atoms with van der Waals surface area (Å²) in [6.45, 7) is 5.41. The molecule has 0 aliphatic carbocycles. The Bertz CT molecular complexity index is 292. The van der Waals surface area contributed by atoms with E-state index in [-0.39, 0.29) is 6.04 Å². The zero-order valence-electron chi connectivity index (χ0n) is 9.44. The van der Waals surface area contributed by atoms with Gasteiger partial charge in [-0.05, 0) is 25.7 Å². The van der Waals surface area contributed by atoms with Crippen LogP contribution in [0.15, 0.2) is 0 Å². The molecule has 0 aromatic heterocycles. The molecule has 1 unspecified atom stereocenters. The number of hydrogen-bond acceptors (Lipinski definition) is 3. The predicted octanol–water partition coefficient (Wildman–Crippen LogP) is -0.100. The van der Waals surface area contributed by atoms with Crippen LogP contribution in [0.25, 0.3) is 0 Å². The first-order valence-electron chi connectivity index (χ1n) is 5.43. The molecule has 1 aliphatic rings. The number of nitrogens with zero attached hydrogens (tertiary/aromatic N) is 1. The largest absolute Gasteiger partial charge is 0.329 e. The van der Waals surface area contributed by atoms with Gasteiger partial charge in [-0.15, -0.1) is 0 Å². The molecule has 0 aromatic carbocycles. The molecule has 0 saturated carbocycles. The monoisotopic (exact) mass is 235 g/mol. The number of nitrogens with two attached hydrogens (primary N) is 1. The lowest BCUT2D eigenvalue weighted by molar-refractivity contribution is 0.277. The predicted molar refractivity (Wildman–Crippen MR) is 60.5 cm³/mol. The van der Waals surface area contributed by atoms with E-state index in [4.69, 9.17) is 5.73 Å². The van der Waals surface area contributed by atoms with Crippen molar-refractivity contribution in [2.24, 2.45) is 11.7 Å². The van der Waals surface area contributed by atoms with Crippen LogP contribution in [0, 0.1) is 5.92 Å². The summed E-state index contributed by atoms with van der Waals surface area (Å²) in [4.78, 5) is 0. The lowest BCUT2D eigenvalue weighted by Gasteiger charge is -2.30. The maximum absolute atomic E-state index is 11.9. The van der Waals surface area contributed by atoms with Crippen LogP contribution in [0.3, 0.4) is 0 Å². The van der Waals surface area contributed by atoms with E-state index in [0.717, 1.165) is 12.8 Å². The van der Waals surface area contributed by atoms with Crippen molar-refractivity contribution >= 4 is 10.2 Å². The lowest BCUT2D eigenvalue weighted by Crippen LogP contribution is -2.49. The molecule has 0 amide bonds. The molecule has 1 aliphatic heterocycles. The van der Waals surface area contributed by atoms with Gasteiger partial charge in [-0.25, -0.2) is 0 Å². The van der Waals surface area contributed by atoms with E-state index in [1.165, 1.54) is 4.31 Å². The summed E-state index contributed by atoms with van der Waals surface area (Å²) in [6.07, 6.45) is 2.05. The van der Waals surface area contributed by atoms with Gasteiger partial charge in [0.05, 0.1) is 0 Å². The van der Waals surface area contributed by atoms with Gasteiger partial charge in [-0.2, -0.15) is 17.4 Å². The summed E-state index contributed by atoms with van der Waals surface area (Å²) in [5.41, 5.74) is 5.39. The normalized spacial score (nSPS) is 26.5. The Kier molecular flexibility index (Phi) is 4.51. The Labute approximate surface area is 92.2 Å². The van der Waals surface area contributed by atoms with Crippen LogP contribution in [0.2, 0.25) is 0 Å². The summed E-state index contributed by atoms with van der Waals surface area (Å²) >= 11 is 0. The van der Waals surface area contributed by atoms with Gasteiger partial charge in [0.1, 0.15) is 0 Å². The molecule has 0 spiro atoms. The van der Waals surface area contributed by atoms with Gasteiger partial charge in [0.15, 0.2) is 0 Å². The smallest absolute Gasteiger partial charge is 0.279 e. The van der Waals surface area contributed by atoms with Crippen molar-refractivity contribution in [3.8, 4) is 0 Å². The van der Waals surface area contributed by atoms with E-state index in [2.05, 4.69) is 11.6 Å². The number of rotatable bonds is 4. The van der Waals surface area contributed by atoms with Gasteiger partial charge < -0.3 is 5.73 Å². The summed E-state index contributed by atoms with van der Waals surface area (Å²) in [5, 5.41) is 0. The third-order valence-corrected chi connectivity index (χ3v) is 4.38. The van der Waals surface area contributed by atoms with Crippen molar-refractivity contribution in [3.05, 3.63) is 0 Å². The van der Waals surface area contributed by atoms with E-state index in [1.54, 1.807) is 6.92 Å². The highest BCUT2D eigenvalue weighted by atomic mass is 32.2. The molecule has 0 bridgehead atoms. The van der Waals surface area contributed by atoms with E-state index in [9.17, 15) is 8.42 Å². The Hall–Kier alpha value is -0.170. The molecule has 3 N–H and O–H groups in total. The first-order chi connectivity index (χ1) is 6.95. The molecule has 1 fully saturated rings. The minimum atomic E-state index is -3.32. The topological polar surface area (TPSA) is 75.4 Å². The second-order valence-corrected chi connectivity index (χ2v) is 6.07. The first-order valence-corrected chi connectivity index (χ1v) is 6.87. The van der Waals surface area contributed by atoms with Gasteiger partial charge in [-0.3, -0.25) is 0 Å². The number of nitrogens with one attached hydrogen (secondary N) is 1. The molecule has 0 aromatic rings. The number of piperidine rings is 1. The Morgan fingerprint density at radius 1 is 1.60 bits per heavy atom. The summed E-state index contributed by atoms with van der Waals surface area (Å²) in [5.74, 6) is 0.448. The minimum absolute atomic E-state index is 0.202. The Morgan fingerprint density at radius 2 is 2.27 bits per heavy atom. The zero-order valence-corrected chi connectivity index (χ0v) is 10.3. The van der Waals surface area contributed by atoms with E-state index >= 15 is 0 Å². The van der Waals surface area contributed by atoms with Crippen LogP contribution in [-0.2, 0) is 10.2 Å². The summed E-state index contributed by atoms with van der Waals surface area (Å²) < 4.78 is 27.8. The fourth-order valence-electron chi connectivity index (χ4n) is 1.74. The molecular formula is C9H21N3O2S. The third-order valence-electron chi connectivity index (χ3n) is 2.66. The standard InChI is InChI=1S/C9H21N3O2S/c1-8-4-3-5-12(7-8)15(13,14)11-9(2)6-10/h8-9,11H,3-7,10H2,1-2H3/t8?,9-/m1/s1. The van der Waals surface area contributed by atoms with Gasteiger partial charge in [-0.1, -0.05) is 6.92 Å². The average molecular weight is 235 g/mol. The van der Waals surface area contributed by atoms with Crippen LogP contribution < -0.4 is 10.5 Å². The molecule has 1 saturated heterocycles. The fraction of sp³-hybridized carbons (Fsp3) is 1.00. The number of hydrogen-bond donors (Lipinski definition) is 2. The van der Waals surface area contributed by atoms with Gasteiger partial charge in [0, 0.05) is 25.7 Å². The summed E-state index contributed by atoms with van der Waals surface area (Å²) in [7, 11) is -3.32. The maximum atomic E-state index is 11.9. The second kappa shape index (κ2) is 5.25. The van der Waals surface area contributed by atoms with Gasteiger partial charge in [0.25, 0.3) is 10.2 Å². The van der Waals surface area contributed by atoms with E-state index in [0.29, 0.717) is 25.6 Å². The molecule has 90 valence electrons. The van der Waals surface area contributed by atoms with Crippen molar-refractivity contribution in [2.45, 2.75) is 32.7 Å². The van der Waals surface area contributed by atoms with E-state index < -0.39 is 10.2 Å². The quantitative estimate of drug-likeness (QED) is 0.714. The first kappa shape index (κ1) is 12.9. The van der Waals surface area contributed by atoms with Crippen molar-refractivity contribution in [3.63, 3.8) is 0 Å². The van der Waals surface area contributed by atoms with E-state index in [1.807, 2.05) is 0 Å². The van der Waals surface area contributed by atoms with Crippen molar-refractivity contribution < 1.29 is 8.42 Å². The SMILES string of the molecule is CC1CCCN(S(=O)(=O)N[C@H](C)CN)C1. The molecule has 1 heterocycles. The summed E-state index contributed by atoms with van der Waals surface area (Å²) in [6, 6.07) is -0.202. The fourth-order valence-corrected chi connectivity index (χ4v) is 3.32. The molecule has 15 heavy (non-hydrogen) atoms. The average Bonchev–Trinajstić information content (AvgIpc) is 2.17. The highest BCUT2D eigenvalue weighted by Gasteiger charge is 2.27. The lowest BCUT2D eigenvalue weighted by atomic mass is 10.0. The molecule has 6 heteroatoms. The van der Waals surface area contributed by atoms with Crippen LogP contribution in [0.4, 0.5) is 0 Å². The zero-order chi connectivity index (χ0) is 11.5. The highest BCUT2D eigenvalue weighted by Crippen LogP contribution is 2.17. The highest BCUT2D eigenvalue weighted by molar-refractivity contribution is 7.87. The molecular weight excluding hydrogens is 214 g/mol. The second-order valence-electron chi connectivity index (χ2n) is 4.37. The van der Waals surface area contributed by atoms with Crippen molar-refractivity contribution in [1.82, 2.24) is 9.03 Å². The Morgan fingerprint density at radius 3 is 2.80 bits per heavy atom. The third kappa shape index (κ3) is 3.71. The van der Waals surface area contributed by atoms with Crippen molar-refractivity contribution in [1.29, 1.82) is 0 Å².